The molecule has 0 fully saturated rings. The Morgan fingerprint density at radius 2 is 1.11 bits per heavy atom. The third-order valence-electron chi connectivity index (χ3n) is 5.10. The molecule has 0 aliphatic rings. The summed E-state index contributed by atoms with van der Waals surface area (Å²) in [6, 6.07) is 0. The third kappa shape index (κ3) is 19.9. The molecule has 0 saturated heterocycles. The van der Waals surface area contributed by atoms with Crippen molar-refractivity contribution >= 4 is 16.0 Å². The Balaban J connectivity index is 3.32. The lowest BCUT2D eigenvalue weighted by molar-refractivity contribution is -0.129. The Morgan fingerprint density at radius 3 is 1.48 bits per heavy atom. The van der Waals surface area contributed by atoms with Crippen molar-refractivity contribution in [2.75, 3.05) is 19.3 Å². The maximum Gasteiger partial charge on any atom is 0.266 e. The van der Waals surface area contributed by atoms with E-state index in [1.807, 2.05) is 0 Å². The van der Waals surface area contributed by atoms with Crippen molar-refractivity contribution < 1.29 is 17.8 Å². The highest BCUT2D eigenvalue weighted by molar-refractivity contribution is 7.85. The summed E-state index contributed by atoms with van der Waals surface area (Å²) in [6.45, 7) is 2.31. The average molecular weight is 406 g/mol. The van der Waals surface area contributed by atoms with E-state index in [1.54, 1.807) is 7.05 Å². The van der Waals surface area contributed by atoms with Gasteiger partial charge in [-0.15, -0.1) is 0 Å². The van der Waals surface area contributed by atoms with Crippen LogP contribution in [0.4, 0.5) is 0 Å². The summed E-state index contributed by atoms with van der Waals surface area (Å²) in [5.74, 6) is -0.443. The molecule has 27 heavy (non-hydrogen) atoms. The number of amides is 1. The second kappa shape index (κ2) is 17.5. The molecule has 0 aliphatic heterocycles. The van der Waals surface area contributed by atoms with Crippen LogP contribution in [0.2, 0.25) is 0 Å². The number of hydrogen-bond donors (Lipinski definition) is 1. The molecule has 0 aromatic heterocycles. The number of nitrogens with zero attached hydrogens (tertiary/aromatic N) is 1. The van der Waals surface area contributed by atoms with Gasteiger partial charge in [0.2, 0.25) is 5.91 Å². The van der Waals surface area contributed by atoms with Crippen LogP contribution in [0.5, 0.6) is 0 Å². The lowest BCUT2D eigenvalue weighted by atomic mass is 10.0. The van der Waals surface area contributed by atoms with Crippen molar-refractivity contribution in [1.29, 1.82) is 0 Å². The van der Waals surface area contributed by atoms with Crippen molar-refractivity contribution in [3.63, 3.8) is 0 Å². The van der Waals surface area contributed by atoms with Gasteiger partial charge in [-0.1, -0.05) is 96.8 Å². The van der Waals surface area contributed by atoms with Crippen LogP contribution in [-0.4, -0.2) is 43.1 Å². The van der Waals surface area contributed by atoms with E-state index in [-0.39, 0.29) is 12.5 Å². The second-order valence-electron chi connectivity index (χ2n) is 7.80. The van der Waals surface area contributed by atoms with E-state index in [9.17, 15) is 13.2 Å². The Morgan fingerprint density at radius 1 is 0.741 bits per heavy atom. The van der Waals surface area contributed by atoms with Crippen molar-refractivity contribution in [2.24, 2.45) is 0 Å². The second-order valence-corrected chi connectivity index (χ2v) is 9.37. The van der Waals surface area contributed by atoms with Gasteiger partial charge in [-0.3, -0.25) is 9.35 Å². The van der Waals surface area contributed by atoms with Crippen LogP contribution in [0.25, 0.3) is 0 Å². The maximum atomic E-state index is 11.8. The zero-order valence-corrected chi connectivity index (χ0v) is 18.6. The molecule has 0 unspecified atom stereocenters. The van der Waals surface area contributed by atoms with Crippen molar-refractivity contribution in [1.82, 2.24) is 4.90 Å². The summed E-state index contributed by atoms with van der Waals surface area (Å²) in [7, 11) is -2.42. The summed E-state index contributed by atoms with van der Waals surface area (Å²) in [5.41, 5.74) is 0. The minimum Gasteiger partial charge on any atom is -0.345 e. The smallest absolute Gasteiger partial charge is 0.266 e. The minimum atomic E-state index is -4.00. The van der Waals surface area contributed by atoms with Gasteiger partial charge in [0.15, 0.2) is 0 Å². The van der Waals surface area contributed by atoms with E-state index in [0.29, 0.717) is 6.42 Å². The molecule has 0 aromatic rings. The van der Waals surface area contributed by atoms with Crippen molar-refractivity contribution in [3.8, 4) is 0 Å². The van der Waals surface area contributed by atoms with Crippen LogP contribution in [0.1, 0.15) is 110 Å². The molecular formula is C21H43NO4S. The zero-order chi connectivity index (χ0) is 20.4. The predicted molar refractivity (Wildman–Crippen MR) is 114 cm³/mol. The van der Waals surface area contributed by atoms with E-state index in [0.717, 1.165) is 12.8 Å². The minimum absolute atomic E-state index is 0.0478. The van der Waals surface area contributed by atoms with Gasteiger partial charge in [0.25, 0.3) is 10.1 Å². The first-order valence-electron chi connectivity index (χ1n) is 11.1. The molecule has 5 nitrogen and oxygen atoms in total. The lowest BCUT2D eigenvalue weighted by Gasteiger charge is -2.16. The Hall–Kier alpha value is -0.620. The highest BCUT2D eigenvalue weighted by Gasteiger charge is 2.12. The van der Waals surface area contributed by atoms with Gasteiger partial charge in [0.05, 0.1) is 5.75 Å². The first kappa shape index (κ1) is 26.4. The molecule has 162 valence electrons. The van der Waals surface area contributed by atoms with Gasteiger partial charge in [0, 0.05) is 20.0 Å². The van der Waals surface area contributed by atoms with Gasteiger partial charge in [0.1, 0.15) is 0 Å². The van der Waals surface area contributed by atoms with Gasteiger partial charge in [-0.25, -0.2) is 0 Å². The van der Waals surface area contributed by atoms with Crippen molar-refractivity contribution in [3.05, 3.63) is 0 Å². The fourth-order valence-corrected chi connectivity index (χ4v) is 3.72. The Kier molecular flexibility index (Phi) is 17.1. The highest BCUT2D eigenvalue weighted by Crippen LogP contribution is 2.13. The SMILES string of the molecule is CCCCCCCCCCCCCCCCCC(=O)N(C)CCS(=O)(=O)O. The summed E-state index contributed by atoms with van der Waals surface area (Å²) in [5, 5.41) is 0. The number of hydrogen-bond acceptors (Lipinski definition) is 3. The standard InChI is InChI=1S/C21H43NO4S/c1-3-4-5-6-7-8-9-10-11-12-13-14-15-16-17-18-21(23)22(2)19-20-27(24,25)26/h3-20H2,1-2H3,(H,24,25,26). The molecular weight excluding hydrogens is 362 g/mol. The molecule has 0 rings (SSSR count). The monoisotopic (exact) mass is 405 g/mol. The molecule has 0 heterocycles. The van der Waals surface area contributed by atoms with Crippen LogP contribution in [0.15, 0.2) is 0 Å². The first-order chi connectivity index (χ1) is 12.9. The lowest BCUT2D eigenvalue weighted by Crippen LogP contribution is -2.31. The van der Waals surface area contributed by atoms with Crippen molar-refractivity contribution in [2.45, 2.75) is 110 Å². The number of carbonyl (C=O) groups is 1. The fraction of sp³-hybridized carbons (Fsp3) is 0.952. The largest absolute Gasteiger partial charge is 0.345 e. The van der Waals surface area contributed by atoms with Crippen LogP contribution in [-0.2, 0) is 14.9 Å². The first-order valence-corrected chi connectivity index (χ1v) is 12.7. The zero-order valence-electron chi connectivity index (χ0n) is 17.8. The molecule has 0 spiro atoms. The molecule has 0 bridgehead atoms. The fourth-order valence-electron chi connectivity index (χ4n) is 3.22. The molecule has 1 N–H and O–H groups in total. The predicted octanol–water partition coefficient (Wildman–Crippen LogP) is 5.59. The van der Waals surface area contributed by atoms with Crippen LogP contribution < -0.4 is 0 Å². The van der Waals surface area contributed by atoms with E-state index >= 15 is 0 Å². The molecule has 0 aromatic carbocycles. The van der Waals surface area contributed by atoms with Gasteiger partial charge in [-0.05, 0) is 6.42 Å². The van der Waals surface area contributed by atoms with E-state index in [4.69, 9.17) is 4.55 Å². The van der Waals surface area contributed by atoms with Crippen LogP contribution in [0, 0.1) is 0 Å². The summed E-state index contributed by atoms with van der Waals surface area (Å²) in [6.07, 6.45) is 19.8. The Labute approximate surface area is 168 Å². The molecule has 0 radical (unpaired) electrons. The van der Waals surface area contributed by atoms with Gasteiger partial charge >= 0.3 is 0 Å². The van der Waals surface area contributed by atoms with Gasteiger partial charge < -0.3 is 4.90 Å². The molecule has 0 aliphatic carbocycles. The topological polar surface area (TPSA) is 74.7 Å². The summed E-state index contributed by atoms with van der Waals surface area (Å²) in [4.78, 5) is 13.2. The van der Waals surface area contributed by atoms with Crippen LogP contribution in [0.3, 0.4) is 0 Å². The quantitative estimate of drug-likeness (QED) is 0.224. The maximum absolute atomic E-state index is 11.8. The molecule has 0 saturated carbocycles. The average Bonchev–Trinajstić information content (AvgIpc) is 2.62. The number of unbranched alkanes of at least 4 members (excludes halogenated alkanes) is 14. The highest BCUT2D eigenvalue weighted by atomic mass is 32.2. The third-order valence-corrected chi connectivity index (χ3v) is 5.80. The van der Waals surface area contributed by atoms with E-state index < -0.39 is 15.9 Å². The Bertz CT molecular complexity index is 451. The van der Waals surface area contributed by atoms with Crippen LogP contribution >= 0.6 is 0 Å². The summed E-state index contributed by atoms with van der Waals surface area (Å²) < 4.78 is 30.1. The number of rotatable bonds is 19. The van der Waals surface area contributed by atoms with E-state index in [1.165, 1.54) is 88.4 Å². The number of carbonyl (C=O) groups excluding carboxylic acids is 1. The van der Waals surface area contributed by atoms with E-state index in [2.05, 4.69) is 6.92 Å². The van der Waals surface area contributed by atoms with Gasteiger partial charge in [-0.2, -0.15) is 8.42 Å². The summed E-state index contributed by atoms with van der Waals surface area (Å²) >= 11 is 0. The molecule has 6 heteroatoms. The normalized spacial score (nSPS) is 11.7. The molecule has 1 amide bonds. The molecule has 0 atom stereocenters.